The lowest BCUT2D eigenvalue weighted by atomic mass is 10.0. The number of hydrogen-bond acceptors (Lipinski definition) is 3. The van der Waals surface area contributed by atoms with E-state index in [4.69, 9.17) is 15.6 Å². The minimum absolute atomic E-state index is 0.0737. The van der Waals surface area contributed by atoms with E-state index in [1.807, 2.05) is 26.8 Å². The van der Waals surface area contributed by atoms with Gasteiger partial charge in [-0.1, -0.05) is 32.6 Å². The molecule has 2 atom stereocenters. The Morgan fingerprint density at radius 2 is 1.81 bits per heavy atom. The zero-order valence-corrected chi connectivity index (χ0v) is 18.6. The Morgan fingerprint density at radius 3 is 2.23 bits per heavy atom. The van der Waals surface area contributed by atoms with Gasteiger partial charge in [-0.2, -0.15) is 0 Å². The molecule has 0 saturated heterocycles. The van der Waals surface area contributed by atoms with E-state index in [1.54, 1.807) is 6.08 Å². The fraction of sp³-hybridized carbons (Fsp3) is 0.591. The van der Waals surface area contributed by atoms with Crippen LogP contribution in [0.5, 0.6) is 0 Å². The predicted molar refractivity (Wildman–Crippen MR) is 110 cm³/mol. The van der Waals surface area contributed by atoms with Gasteiger partial charge in [0, 0.05) is 18.1 Å². The van der Waals surface area contributed by atoms with Crippen molar-refractivity contribution in [2.45, 2.75) is 84.4 Å². The Bertz CT molecular complexity index is 710. The summed E-state index contributed by atoms with van der Waals surface area (Å²) in [5.41, 5.74) is 1.16. The summed E-state index contributed by atoms with van der Waals surface area (Å²) in [6.07, 6.45) is 8.77. The third-order valence-corrected chi connectivity index (χ3v) is 9.07. The molecule has 0 aromatic heterocycles. The highest BCUT2D eigenvalue weighted by molar-refractivity contribution is 6.74. The van der Waals surface area contributed by atoms with Crippen molar-refractivity contribution in [3.63, 3.8) is 0 Å². The van der Waals surface area contributed by atoms with E-state index in [2.05, 4.69) is 51.6 Å². The fourth-order valence-electron chi connectivity index (χ4n) is 2.31. The number of ether oxygens (including phenoxy) is 1. The van der Waals surface area contributed by atoms with Gasteiger partial charge in [0.25, 0.3) is 0 Å². The van der Waals surface area contributed by atoms with Crippen LogP contribution in [0.2, 0.25) is 18.1 Å². The molecule has 0 heterocycles. The SMILES string of the molecule is C#CC1=C[C@@H](O[Si](C)(C)C(C)(C)C)[C@H](OC(C)(C)C)/C1=C/C#CC(C)=O. The van der Waals surface area contributed by atoms with Crippen LogP contribution in [0, 0.1) is 24.2 Å². The average molecular weight is 373 g/mol. The van der Waals surface area contributed by atoms with Gasteiger partial charge in [0.05, 0.1) is 11.7 Å². The topological polar surface area (TPSA) is 35.5 Å². The van der Waals surface area contributed by atoms with Crippen molar-refractivity contribution >= 4 is 14.1 Å². The number of ketones is 1. The molecule has 0 spiro atoms. The van der Waals surface area contributed by atoms with Crippen molar-refractivity contribution in [1.82, 2.24) is 0 Å². The molecule has 0 aliphatic heterocycles. The number of carbonyl (C=O) groups excluding carboxylic acids is 1. The Morgan fingerprint density at radius 1 is 1.23 bits per heavy atom. The zero-order chi connectivity index (χ0) is 20.3. The number of terminal acetylenes is 1. The standard InChI is InChI=1S/C22H32O3Si/c1-11-17-15-19(25-26(9,10)22(6,7)8)20(24-21(3,4)5)18(17)14-12-13-16(2)23/h1,14-15,19-20H,2-10H3/b18-14+/t19-,20-/m1/s1. The molecular weight excluding hydrogens is 340 g/mol. The quantitative estimate of drug-likeness (QED) is 0.411. The van der Waals surface area contributed by atoms with E-state index in [0.29, 0.717) is 0 Å². The van der Waals surface area contributed by atoms with Gasteiger partial charge in [-0.3, -0.25) is 4.79 Å². The molecule has 1 aliphatic rings. The minimum Gasteiger partial charge on any atom is -0.407 e. The van der Waals surface area contributed by atoms with Gasteiger partial charge in [0.1, 0.15) is 6.10 Å². The number of carbonyl (C=O) groups is 1. The van der Waals surface area contributed by atoms with Crippen LogP contribution in [0.3, 0.4) is 0 Å². The molecule has 3 nitrogen and oxygen atoms in total. The molecule has 0 fully saturated rings. The summed E-state index contributed by atoms with van der Waals surface area (Å²) in [7, 11) is -2.02. The van der Waals surface area contributed by atoms with E-state index in [1.165, 1.54) is 6.92 Å². The van der Waals surface area contributed by atoms with Crippen LogP contribution in [0.1, 0.15) is 48.5 Å². The van der Waals surface area contributed by atoms with Crippen LogP contribution >= 0.6 is 0 Å². The molecule has 26 heavy (non-hydrogen) atoms. The van der Waals surface area contributed by atoms with Crippen LogP contribution in [-0.4, -0.2) is 31.9 Å². The zero-order valence-electron chi connectivity index (χ0n) is 17.6. The molecule has 1 aliphatic carbocycles. The minimum atomic E-state index is -2.02. The van der Waals surface area contributed by atoms with Crippen LogP contribution in [0.15, 0.2) is 23.3 Å². The predicted octanol–water partition coefficient (Wildman–Crippen LogP) is 4.65. The van der Waals surface area contributed by atoms with Crippen molar-refractivity contribution in [1.29, 1.82) is 0 Å². The molecule has 0 aromatic carbocycles. The molecular formula is C22H32O3Si. The summed E-state index contributed by atoms with van der Waals surface area (Å²) >= 11 is 0. The second kappa shape index (κ2) is 7.97. The maximum Gasteiger partial charge on any atom is 0.202 e. The first-order valence-corrected chi connectivity index (χ1v) is 11.9. The molecule has 0 unspecified atom stereocenters. The van der Waals surface area contributed by atoms with Crippen LogP contribution in [-0.2, 0) is 14.0 Å². The first-order valence-electron chi connectivity index (χ1n) is 8.94. The van der Waals surface area contributed by atoms with Crippen LogP contribution in [0.25, 0.3) is 0 Å². The van der Waals surface area contributed by atoms with E-state index >= 15 is 0 Å². The average Bonchev–Trinajstić information content (AvgIpc) is 2.73. The Hall–Kier alpha value is -1.59. The van der Waals surface area contributed by atoms with Crippen LogP contribution < -0.4 is 0 Å². The van der Waals surface area contributed by atoms with E-state index in [9.17, 15) is 4.79 Å². The fourth-order valence-corrected chi connectivity index (χ4v) is 3.53. The van der Waals surface area contributed by atoms with Gasteiger partial charge in [-0.25, -0.2) is 0 Å². The third-order valence-electron chi connectivity index (χ3n) is 4.60. The molecule has 0 saturated carbocycles. The smallest absolute Gasteiger partial charge is 0.202 e. The molecule has 4 heteroatoms. The van der Waals surface area contributed by atoms with Gasteiger partial charge in [-0.05, 0) is 57.0 Å². The lowest BCUT2D eigenvalue weighted by Gasteiger charge is -2.40. The molecule has 142 valence electrons. The maximum atomic E-state index is 11.1. The summed E-state index contributed by atoms with van der Waals surface area (Å²) < 4.78 is 12.9. The van der Waals surface area contributed by atoms with Crippen molar-refractivity contribution in [3.8, 4) is 24.2 Å². The largest absolute Gasteiger partial charge is 0.407 e. The van der Waals surface area contributed by atoms with E-state index in [0.717, 1.165) is 11.1 Å². The second-order valence-electron chi connectivity index (χ2n) is 9.14. The van der Waals surface area contributed by atoms with Gasteiger partial charge in [-0.15, -0.1) is 6.42 Å². The molecule has 0 bridgehead atoms. The summed E-state index contributed by atoms with van der Waals surface area (Å²) in [4.78, 5) is 11.1. The monoisotopic (exact) mass is 372 g/mol. The molecule has 0 aromatic rings. The van der Waals surface area contributed by atoms with Gasteiger partial charge >= 0.3 is 0 Å². The number of hydrogen-bond donors (Lipinski definition) is 0. The second-order valence-corrected chi connectivity index (χ2v) is 13.9. The van der Waals surface area contributed by atoms with Crippen LogP contribution in [0.4, 0.5) is 0 Å². The summed E-state index contributed by atoms with van der Waals surface area (Å²) in [6.45, 7) is 18.5. The molecule has 0 N–H and O–H groups in total. The Labute approximate surface area is 160 Å². The van der Waals surface area contributed by atoms with Gasteiger partial charge < -0.3 is 9.16 Å². The first kappa shape index (κ1) is 22.4. The number of allylic oxidation sites excluding steroid dienone is 1. The Kier molecular flexibility index (Phi) is 6.88. The van der Waals surface area contributed by atoms with E-state index in [-0.39, 0.29) is 28.6 Å². The summed E-state index contributed by atoms with van der Waals surface area (Å²) in [5, 5.41) is 0.0737. The molecule has 1 rings (SSSR count). The summed E-state index contributed by atoms with van der Waals surface area (Å²) in [6, 6.07) is 0. The number of rotatable bonds is 3. The molecule has 0 radical (unpaired) electrons. The van der Waals surface area contributed by atoms with E-state index < -0.39 is 8.32 Å². The van der Waals surface area contributed by atoms with Gasteiger partial charge in [0.15, 0.2) is 8.32 Å². The Balaban J connectivity index is 3.33. The van der Waals surface area contributed by atoms with Crippen molar-refractivity contribution in [3.05, 3.63) is 23.3 Å². The highest BCUT2D eigenvalue weighted by Crippen LogP contribution is 2.41. The van der Waals surface area contributed by atoms with Crippen molar-refractivity contribution in [2.24, 2.45) is 0 Å². The highest BCUT2D eigenvalue weighted by Gasteiger charge is 2.44. The van der Waals surface area contributed by atoms with Gasteiger partial charge in [0.2, 0.25) is 5.78 Å². The normalized spacial score (nSPS) is 22.5. The summed E-state index contributed by atoms with van der Waals surface area (Å²) in [5.74, 6) is 7.87. The third kappa shape index (κ3) is 5.99. The number of Topliss-reactive ketones (excluding diaryl/α,β-unsaturated/α-hetero) is 1. The lowest BCUT2D eigenvalue weighted by molar-refractivity contribution is -0.111. The lowest BCUT2D eigenvalue weighted by Crippen LogP contribution is -2.47. The van der Waals surface area contributed by atoms with Crippen molar-refractivity contribution in [2.75, 3.05) is 0 Å². The molecule has 0 amide bonds. The highest BCUT2D eigenvalue weighted by atomic mass is 28.4. The maximum absolute atomic E-state index is 11.1. The first-order chi connectivity index (χ1) is 11.7. The van der Waals surface area contributed by atoms with Crippen molar-refractivity contribution < 1.29 is 14.0 Å².